The van der Waals surface area contributed by atoms with Crippen molar-refractivity contribution < 1.29 is 9.59 Å². The summed E-state index contributed by atoms with van der Waals surface area (Å²) in [6.45, 7) is 3.62. The van der Waals surface area contributed by atoms with Crippen LogP contribution in [0.25, 0.3) is 0 Å². The van der Waals surface area contributed by atoms with Crippen molar-refractivity contribution in [2.45, 2.75) is 64.0 Å². The number of carbonyl (C=O) groups excluding carboxylic acids is 2. The van der Waals surface area contributed by atoms with Gasteiger partial charge in [0, 0.05) is 44.2 Å². The third kappa shape index (κ3) is 5.75. The summed E-state index contributed by atoms with van der Waals surface area (Å²) in [6.07, 6.45) is 12.2. The van der Waals surface area contributed by atoms with Crippen molar-refractivity contribution >= 4 is 23.4 Å². The summed E-state index contributed by atoms with van der Waals surface area (Å²) in [6, 6.07) is 6.96. The molecule has 8 nitrogen and oxygen atoms in total. The monoisotopic (exact) mass is 512 g/mol. The lowest BCUT2D eigenvalue weighted by atomic mass is 9.63. The van der Waals surface area contributed by atoms with Crippen LogP contribution in [0, 0.1) is 17.3 Å². The van der Waals surface area contributed by atoms with E-state index in [1.165, 1.54) is 32.1 Å². The number of aromatic nitrogens is 3. The predicted molar refractivity (Wildman–Crippen MR) is 138 cm³/mol. The average molecular weight is 513 g/mol. The minimum atomic E-state index is -0.572. The molecule has 2 aromatic rings. The molecule has 36 heavy (non-hydrogen) atoms. The zero-order chi connectivity index (χ0) is 25.0. The fourth-order valence-electron chi connectivity index (χ4n) is 6.26. The fraction of sp³-hybridized carbons (Fsp3) is 0.630. The van der Waals surface area contributed by atoms with Crippen LogP contribution in [-0.4, -0.2) is 63.7 Å². The van der Waals surface area contributed by atoms with E-state index in [0.29, 0.717) is 43.5 Å². The highest BCUT2D eigenvalue weighted by atomic mass is 35.5. The number of nitrogens with one attached hydrogen (secondary N) is 2. The molecule has 1 atom stereocenters. The number of carbonyl (C=O) groups is 2. The van der Waals surface area contributed by atoms with Crippen LogP contribution in [-0.2, 0) is 22.6 Å². The predicted octanol–water partition coefficient (Wildman–Crippen LogP) is 3.07. The second kappa shape index (κ2) is 11.3. The third-order valence-electron chi connectivity index (χ3n) is 8.61. The lowest BCUT2D eigenvalue weighted by molar-refractivity contribution is -0.140. The molecule has 3 fully saturated rings. The van der Waals surface area contributed by atoms with E-state index in [9.17, 15) is 9.59 Å². The van der Waals surface area contributed by atoms with Crippen molar-refractivity contribution in [2.75, 3.05) is 26.2 Å². The van der Waals surface area contributed by atoms with E-state index in [-0.39, 0.29) is 23.1 Å². The van der Waals surface area contributed by atoms with Gasteiger partial charge in [0.05, 0.1) is 5.92 Å². The van der Waals surface area contributed by atoms with E-state index in [4.69, 9.17) is 11.6 Å². The molecular weight excluding hydrogens is 476 g/mol. The smallest absolute Gasteiger partial charge is 0.245 e. The van der Waals surface area contributed by atoms with E-state index < -0.39 is 6.04 Å². The van der Waals surface area contributed by atoms with Crippen LogP contribution in [0.15, 0.2) is 36.9 Å². The van der Waals surface area contributed by atoms with Crippen LogP contribution in [0.3, 0.4) is 0 Å². The zero-order valence-electron chi connectivity index (χ0n) is 20.9. The highest BCUT2D eigenvalue weighted by Crippen LogP contribution is 2.47. The molecule has 1 aromatic heterocycles. The summed E-state index contributed by atoms with van der Waals surface area (Å²) >= 11 is 6.06. The number of likely N-dealkylation sites (tertiary alicyclic amines) is 1. The van der Waals surface area contributed by atoms with Crippen LogP contribution in [0.5, 0.6) is 0 Å². The van der Waals surface area contributed by atoms with Gasteiger partial charge in [-0.25, -0.2) is 4.98 Å². The van der Waals surface area contributed by atoms with Gasteiger partial charge < -0.3 is 15.5 Å². The van der Waals surface area contributed by atoms with Gasteiger partial charge in [-0.15, -0.1) is 0 Å². The topological polar surface area (TPSA) is 92.2 Å². The number of nitrogens with zero attached hydrogens (tertiary/aromatic N) is 4. The molecule has 0 radical (unpaired) electrons. The minimum Gasteiger partial charge on any atom is -0.344 e. The fourth-order valence-corrected chi connectivity index (χ4v) is 6.39. The molecule has 3 aliphatic rings. The third-order valence-corrected chi connectivity index (χ3v) is 8.86. The molecule has 3 heterocycles. The molecule has 2 saturated heterocycles. The summed E-state index contributed by atoms with van der Waals surface area (Å²) in [4.78, 5) is 32.7. The first-order valence-corrected chi connectivity index (χ1v) is 13.8. The maximum atomic E-state index is 13.8. The van der Waals surface area contributed by atoms with Gasteiger partial charge in [0.15, 0.2) is 0 Å². The molecule has 2 amide bonds. The van der Waals surface area contributed by atoms with Crippen LogP contribution in [0.1, 0.15) is 50.5 Å². The first-order valence-electron chi connectivity index (χ1n) is 13.4. The Bertz CT molecular complexity index is 1010. The van der Waals surface area contributed by atoms with E-state index in [2.05, 4.69) is 20.7 Å². The van der Waals surface area contributed by atoms with Gasteiger partial charge in [0.25, 0.3) is 0 Å². The SMILES string of the molecule is O=C(N[C@H](Cc1ccc(Cl)cc1)C(=O)N1CCC(Cn2cncn2)(C2CCCCC2)CC1)C1CNC1. The Balaban J connectivity index is 1.29. The summed E-state index contributed by atoms with van der Waals surface area (Å²) in [5.74, 6) is 0.571. The quantitative estimate of drug-likeness (QED) is 0.567. The molecule has 2 aliphatic heterocycles. The first-order chi connectivity index (χ1) is 17.5. The summed E-state index contributed by atoms with van der Waals surface area (Å²) in [7, 11) is 0. The largest absolute Gasteiger partial charge is 0.344 e. The van der Waals surface area contributed by atoms with Gasteiger partial charge >= 0.3 is 0 Å². The number of piperidine rings is 1. The van der Waals surface area contributed by atoms with Crippen LogP contribution in [0.2, 0.25) is 5.02 Å². The highest BCUT2D eigenvalue weighted by molar-refractivity contribution is 6.30. The van der Waals surface area contributed by atoms with Crippen molar-refractivity contribution in [2.24, 2.45) is 17.3 Å². The number of hydrogen-bond acceptors (Lipinski definition) is 5. The molecule has 0 bridgehead atoms. The molecule has 1 aliphatic carbocycles. The summed E-state index contributed by atoms with van der Waals surface area (Å²) in [5.41, 5.74) is 1.13. The van der Waals surface area contributed by atoms with Crippen LogP contribution >= 0.6 is 11.6 Å². The van der Waals surface area contributed by atoms with E-state index in [1.807, 2.05) is 40.2 Å². The van der Waals surface area contributed by atoms with Crippen LogP contribution < -0.4 is 10.6 Å². The molecule has 1 saturated carbocycles. The normalized spacial score (nSPS) is 21.5. The number of rotatable bonds is 8. The number of halogens is 1. The first kappa shape index (κ1) is 25.2. The second-order valence-corrected chi connectivity index (χ2v) is 11.3. The molecule has 9 heteroatoms. The molecule has 2 N–H and O–H groups in total. The van der Waals surface area contributed by atoms with Crippen molar-refractivity contribution in [1.82, 2.24) is 30.3 Å². The number of hydrogen-bond donors (Lipinski definition) is 2. The van der Waals surface area contributed by atoms with Crippen molar-refractivity contribution in [1.29, 1.82) is 0 Å². The molecule has 0 unspecified atom stereocenters. The Labute approximate surface area is 218 Å². The molecule has 1 aromatic carbocycles. The molecule has 194 valence electrons. The standard InChI is InChI=1S/C27H37ClN6O2/c28-23-8-6-20(7-9-23)14-24(32-25(35)21-15-29-16-21)26(36)33-12-10-27(11-13-33,17-34-19-30-18-31-34)22-4-2-1-3-5-22/h6-9,18-19,21-22,24,29H,1-5,10-17H2,(H,32,35)/t24-/m1/s1. The van der Waals surface area contributed by atoms with Gasteiger partial charge in [-0.3, -0.25) is 14.3 Å². The van der Waals surface area contributed by atoms with Gasteiger partial charge in [-0.2, -0.15) is 5.10 Å². The molecular formula is C27H37ClN6O2. The Kier molecular flexibility index (Phi) is 7.91. The Morgan fingerprint density at radius 1 is 1.11 bits per heavy atom. The Hall–Kier alpha value is -2.45. The lowest BCUT2D eigenvalue weighted by Gasteiger charge is -2.48. The molecule has 0 spiro atoms. The van der Waals surface area contributed by atoms with Gasteiger partial charge in [0.1, 0.15) is 18.7 Å². The average Bonchev–Trinajstić information content (AvgIpc) is 3.37. The number of amides is 2. The summed E-state index contributed by atoms with van der Waals surface area (Å²) < 4.78 is 1.97. The zero-order valence-corrected chi connectivity index (χ0v) is 21.6. The van der Waals surface area contributed by atoms with E-state index >= 15 is 0 Å². The highest BCUT2D eigenvalue weighted by Gasteiger charge is 2.44. The van der Waals surface area contributed by atoms with Crippen molar-refractivity contribution in [3.8, 4) is 0 Å². The number of benzene rings is 1. The van der Waals surface area contributed by atoms with Crippen molar-refractivity contribution in [3.63, 3.8) is 0 Å². The summed E-state index contributed by atoms with van der Waals surface area (Å²) in [5, 5.41) is 11.3. The van der Waals surface area contributed by atoms with Gasteiger partial charge in [0.2, 0.25) is 11.8 Å². The van der Waals surface area contributed by atoms with Crippen molar-refractivity contribution in [3.05, 3.63) is 47.5 Å². The second-order valence-electron chi connectivity index (χ2n) is 10.9. The Morgan fingerprint density at radius 3 is 2.44 bits per heavy atom. The van der Waals surface area contributed by atoms with E-state index in [1.54, 1.807) is 6.33 Å². The maximum absolute atomic E-state index is 13.8. The van der Waals surface area contributed by atoms with E-state index in [0.717, 1.165) is 24.9 Å². The van der Waals surface area contributed by atoms with Gasteiger partial charge in [-0.05, 0) is 54.7 Å². The minimum absolute atomic E-state index is 0.0172. The van der Waals surface area contributed by atoms with Gasteiger partial charge in [-0.1, -0.05) is 43.0 Å². The molecule has 5 rings (SSSR count). The lowest BCUT2D eigenvalue weighted by Crippen LogP contribution is -2.58. The van der Waals surface area contributed by atoms with Crippen LogP contribution in [0.4, 0.5) is 0 Å². The Morgan fingerprint density at radius 2 is 1.83 bits per heavy atom. The maximum Gasteiger partial charge on any atom is 0.245 e.